The maximum atomic E-state index is 11.0. The van der Waals surface area contributed by atoms with Crippen LogP contribution in [0, 0.1) is 0 Å². The molecule has 0 radical (unpaired) electrons. The minimum Gasteiger partial charge on any atom is -0.478 e. The second-order valence-corrected chi connectivity index (χ2v) is 4.48. The SMILES string of the molecule is O=C(O)c1ccoc1CNc1ccc2ccccc2c1. The van der Waals surface area contributed by atoms with E-state index in [1.807, 2.05) is 42.5 Å². The number of furan rings is 1. The number of carboxylic acids is 1. The van der Waals surface area contributed by atoms with Crippen molar-refractivity contribution in [2.75, 3.05) is 5.32 Å². The van der Waals surface area contributed by atoms with Crippen LogP contribution in [0.1, 0.15) is 16.1 Å². The van der Waals surface area contributed by atoms with Crippen LogP contribution in [0.4, 0.5) is 5.69 Å². The van der Waals surface area contributed by atoms with Crippen LogP contribution in [0.3, 0.4) is 0 Å². The van der Waals surface area contributed by atoms with Crippen molar-refractivity contribution < 1.29 is 14.3 Å². The van der Waals surface area contributed by atoms with Crippen LogP contribution < -0.4 is 5.32 Å². The van der Waals surface area contributed by atoms with Gasteiger partial charge in [0.2, 0.25) is 0 Å². The molecule has 1 aromatic heterocycles. The van der Waals surface area contributed by atoms with E-state index in [9.17, 15) is 4.79 Å². The highest BCUT2D eigenvalue weighted by Gasteiger charge is 2.12. The van der Waals surface area contributed by atoms with Crippen molar-refractivity contribution in [1.29, 1.82) is 0 Å². The Morgan fingerprint density at radius 1 is 1.10 bits per heavy atom. The number of fused-ring (bicyclic) bond motifs is 1. The number of carbonyl (C=O) groups is 1. The van der Waals surface area contributed by atoms with Crippen LogP contribution >= 0.6 is 0 Å². The first-order valence-electron chi connectivity index (χ1n) is 6.26. The maximum Gasteiger partial charge on any atom is 0.339 e. The summed E-state index contributed by atoms with van der Waals surface area (Å²) < 4.78 is 5.19. The molecule has 0 bridgehead atoms. The Bertz CT molecular complexity index is 761. The van der Waals surface area contributed by atoms with E-state index < -0.39 is 5.97 Å². The third-order valence-electron chi connectivity index (χ3n) is 3.18. The van der Waals surface area contributed by atoms with E-state index in [0.717, 1.165) is 11.1 Å². The van der Waals surface area contributed by atoms with Gasteiger partial charge in [-0.3, -0.25) is 0 Å². The maximum absolute atomic E-state index is 11.0. The number of anilines is 1. The molecule has 0 saturated carbocycles. The minimum absolute atomic E-state index is 0.193. The summed E-state index contributed by atoms with van der Waals surface area (Å²) in [7, 11) is 0. The van der Waals surface area contributed by atoms with Crippen LogP contribution in [0.15, 0.2) is 59.2 Å². The summed E-state index contributed by atoms with van der Waals surface area (Å²) in [6, 6.07) is 15.5. The molecule has 100 valence electrons. The normalized spacial score (nSPS) is 10.6. The summed E-state index contributed by atoms with van der Waals surface area (Å²) >= 11 is 0. The molecule has 0 atom stereocenters. The van der Waals surface area contributed by atoms with Crippen molar-refractivity contribution in [3.63, 3.8) is 0 Å². The van der Waals surface area contributed by atoms with Crippen molar-refractivity contribution >= 4 is 22.4 Å². The number of nitrogens with one attached hydrogen (secondary N) is 1. The molecular weight excluding hydrogens is 254 g/mol. The molecule has 20 heavy (non-hydrogen) atoms. The lowest BCUT2D eigenvalue weighted by molar-refractivity contribution is 0.0694. The highest BCUT2D eigenvalue weighted by atomic mass is 16.4. The fourth-order valence-electron chi connectivity index (χ4n) is 2.15. The Kier molecular flexibility index (Phi) is 3.13. The lowest BCUT2D eigenvalue weighted by Crippen LogP contribution is -2.04. The molecule has 0 spiro atoms. The Morgan fingerprint density at radius 3 is 2.70 bits per heavy atom. The van der Waals surface area contributed by atoms with Gasteiger partial charge in [0.15, 0.2) is 0 Å². The molecule has 2 aromatic carbocycles. The van der Waals surface area contributed by atoms with Gasteiger partial charge in [-0.15, -0.1) is 0 Å². The van der Waals surface area contributed by atoms with E-state index in [1.165, 1.54) is 17.7 Å². The Balaban J connectivity index is 1.79. The van der Waals surface area contributed by atoms with E-state index in [2.05, 4.69) is 5.32 Å². The van der Waals surface area contributed by atoms with Crippen LogP contribution in [0.5, 0.6) is 0 Å². The molecule has 1 heterocycles. The highest BCUT2D eigenvalue weighted by molar-refractivity contribution is 5.89. The molecule has 0 saturated heterocycles. The first kappa shape index (κ1) is 12.3. The van der Waals surface area contributed by atoms with E-state index >= 15 is 0 Å². The molecule has 4 heteroatoms. The van der Waals surface area contributed by atoms with Gasteiger partial charge >= 0.3 is 5.97 Å². The van der Waals surface area contributed by atoms with Crippen LogP contribution in [-0.2, 0) is 6.54 Å². The van der Waals surface area contributed by atoms with Crippen LogP contribution in [0.25, 0.3) is 10.8 Å². The van der Waals surface area contributed by atoms with E-state index in [0.29, 0.717) is 12.3 Å². The molecule has 0 aliphatic heterocycles. The molecule has 0 fully saturated rings. The van der Waals surface area contributed by atoms with Gasteiger partial charge in [0.1, 0.15) is 11.3 Å². The van der Waals surface area contributed by atoms with E-state index in [-0.39, 0.29) is 5.56 Å². The van der Waals surface area contributed by atoms with Gasteiger partial charge in [0.25, 0.3) is 0 Å². The van der Waals surface area contributed by atoms with Crippen molar-refractivity contribution in [1.82, 2.24) is 0 Å². The zero-order valence-corrected chi connectivity index (χ0v) is 10.7. The van der Waals surface area contributed by atoms with Gasteiger partial charge in [-0.2, -0.15) is 0 Å². The topological polar surface area (TPSA) is 62.5 Å². The third kappa shape index (κ3) is 2.36. The Hall–Kier alpha value is -2.75. The van der Waals surface area contributed by atoms with Gasteiger partial charge < -0.3 is 14.8 Å². The summed E-state index contributed by atoms with van der Waals surface area (Å²) in [5.41, 5.74) is 1.12. The predicted octanol–water partition coefficient (Wildman–Crippen LogP) is 3.74. The first-order valence-corrected chi connectivity index (χ1v) is 6.26. The molecule has 3 aromatic rings. The number of hydrogen-bond acceptors (Lipinski definition) is 3. The zero-order valence-electron chi connectivity index (χ0n) is 10.7. The lowest BCUT2D eigenvalue weighted by atomic mass is 10.1. The molecule has 3 rings (SSSR count). The van der Waals surface area contributed by atoms with Crippen LogP contribution in [-0.4, -0.2) is 11.1 Å². The average molecular weight is 267 g/mol. The lowest BCUT2D eigenvalue weighted by Gasteiger charge is -2.06. The van der Waals surface area contributed by atoms with Crippen molar-refractivity contribution in [2.24, 2.45) is 0 Å². The van der Waals surface area contributed by atoms with Gasteiger partial charge in [-0.25, -0.2) is 4.79 Å². The smallest absolute Gasteiger partial charge is 0.339 e. The van der Waals surface area contributed by atoms with Gasteiger partial charge in [0.05, 0.1) is 12.8 Å². The Morgan fingerprint density at radius 2 is 1.90 bits per heavy atom. The predicted molar refractivity (Wildman–Crippen MR) is 76.9 cm³/mol. The third-order valence-corrected chi connectivity index (χ3v) is 3.18. The molecule has 0 unspecified atom stereocenters. The van der Waals surface area contributed by atoms with Crippen LogP contribution in [0.2, 0.25) is 0 Å². The summed E-state index contributed by atoms with van der Waals surface area (Å²) in [6.45, 7) is 0.340. The monoisotopic (exact) mass is 267 g/mol. The number of benzene rings is 2. The molecule has 0 aliphatic rings. The molecule has 2 N–H and O–H groups in total. The number of hydrogen-bond donors (Lipinski definition) is 2. The second-order valence-electron chi connectivity index (χ2n) is 4.48. The minimum atomic E-state index is -0.978. The molecule has 0 aliphatic carbocycles. The van der Waals surface area contributed by atoms with E-state index in [1.54, 1.807) is 0 Å². The first-order chi connectivity index (χ1) is 9.74. The summed E-state index contributed by atoms with van der Waals surface area (Å²) in [5.74, 6) is -0.556. The van der Waals surface area contributed by atoms with Gasteiger partial charge in [0, 0.05) is 5.69 Å². The van der Waals surface area contributed by atoms with E-state index in [4.69, 9.17) is 9.52 Å². The van der Waals surface area contributed by atoms with Crippen molar-refractivity contribution in [3.05, 3.63) is 66.1 Å². The average Bonchev–Trinajstić information content (AvgIpc) is 2.93. The quantitative estimate of drug-likeness (QED) is 0.755. The fourth-order valence-corrected chi connectivity index (χ4v) is 2.15. The second kappa shape index (κ2) is 5.09. The largest absolute Gasteiger partial charge is 0.478 e. The standard InChI is InChI=1S/C16H13NO3/c18-16(19)14-7-8-20-15(14)10-17-13-6-5-11-3-1-2-4-12(11)9-13/h1-9,17H,10H2,(H,18,19). The number of carboxylic acid groups (broad SMARTS) is 1. The van der Waals surface area contributed by atoms with Crippen molar-refractivity contribution in [3.8, 4) is 0 Å². The zero-order chi connectivity index (χ0) is 13.9. The Labute approximate surface area is 115 Å². The number of rotatable bonds is 4. The van der Waals surface area contributed by atoms with Crippen molar-refractivity contribution in [2.45, 2.75) is 6.54 Å². The molecule has 0 amide bonds. The summed E-state index contributed by atoms with van der Waals surface area (Å²) in [5, 5.41) is 14.5. The highest BCUT2D eigenvalue weighted by Crippen LogP contribution is 2.20. The molecular formula is C16H13NO3. The summed E-state index contributed by atoms with van der Waals surface area (Å²) in [6.07, 6.45) is 1.39. The fraction of sp³-hybridized carbons (Fsp3) is 0.0625. The number of aromatic carboxylic acids is 1. The van der Waals surface area contributed by atoms with Gasteiger partial charge in [-0.1, -0.05) is 30.3 Å². The summed E-state index contributed by atoms with van der Waals surface area (Å²) in [4.78, 5) is 11.0. The molecule has 4 nitrogen and oxygen atoms in total. The van der Waals surface area contributed by atoms with Gasteiger partial charge in [-0.05, 0) is 29.0 Å².